The normalized spacial score (nSPS) is 21.4. The fraction of sp³-hybridized carbons (Fsp3) is 0.565. The molecule has 2 aliphatic rings. The molecule has 1 N–H and O–H groups in total. The zero-order valence-corrected chi connectivity index (χ0v) is 17.3. The van der Waals surface area contributed by atoms with E-state index in [9.17, 15) is 4.79 Å². The van der Waals surface area contributed by atoms with Gasteiger partial charge in [-0.25, -0.2) is 4.98 Å². The molecule has 6 nitrogen and oxygen atoms in total. The molecule has 0 bridgehead atoms. The van der Waals surface area contributed by atoms with E-state index < -0.39 is 0 Å². The number of pyridine rings is 1. The number of likely N-dealkylation sites (tertiary alicyclic amines) is 1. The maximum Gasteiger partial charge on any atom is 0.224 e. The zero-order chi connectivity index (χ0) is 20.1. The van der Waals surface area contributed by atoms with Crippen LogP contribution in [0.4, 0.5) is 5.82 Å². The van der Waals surface area contributed by atoms with E-state index in [-0.39, 0.29) is 11.8 Å². The maximum absolute atomic E-state index is 12.4. The molecule has 2 aromatic rings. The zero-order valence-electron chi connectivity index (χ0n) is 17.3. The summed E-state index contributed by atoms with van der Waals surface area (Å²) in [4.78, 5) is 22.2. The van der Waals surface area contributed by atoms with Gasteiger partial charge in [0.2, 0.25) is 5.91 Å². The highest BCUT2D eigenvalue weighted by Crippen LogP contribution is 2.26. The van der Waals surface area contributed by atoms with Gasteiger partial charge >= 0.3 is 0 Å². The molecule has 0 spiro atoms. The lowest BCUT2D eigenvalue weighted by Crippen LogP contribution is -2.51. The highest BCUT2D eigenvalue weighted by Gasteiger charge is 2.31. The Bertz CT molecular complexity index is 819. The van der Waals surface area contributed by atoms with Gasteiger partial charge in [0.05, 0.1) is 18.0 Å². The molecule has 2 fully saturated rings. The van der Waals surface area contributed by atoms with Crippen LogP contribution in [0.3, 0.4) is 0 Å². The lowest BCUT2D eigenvalue weighted by atomic mass is 9.93. The third kappa shape index (κ3) is 4.87. The second-order valence-electron chi connectivity index (χ2n) is 8.20. The number of ether oxygens (including phenoxy) is 1. The van der Waals surface area contributed by atoms with Crippen molar-refractivity contribution in [1.29, 1.82) is 0 Å². The van der Waals surface area contributed by atoms with Crippen molar-refractivity contribution in [3.05, 3.63) is 36.4 Å². The second kappa shape index (κ2) is 9.55. The molecule has 4 rings (SSSR count). The van der Waals surface area contributed by atoms with Gasteiger partial charge < -0.3 is 15.0 Å². The molecule has 1 aromatic carbocycles. The molecule has 0 radical (unpaired) electrons. The first kappa shape index (κ1) is 20.1. The van der Waals surface area contributed by atoms with E-state index >= 15 is 0 Å². The molecule has 1 amide bonds. The number of hydrogen-bond donors (Lipinski definition) is 1. The number of piperidine rings is 2. The van der Waals surface area contributed by atoms with Gasteiger partial charge in [0, 0.05) is 44.7 Å². The van der Waals surface area contributed by atoms with E-state index in [0.717, 1.165) is 63.2 Å². The third-order valence-electron chi connectivity index (χ3n) is 6.32. The van der Waals surface area contributed by atoms with Crippen molar-refractivity contribution in [2.45, 2.75) is 31.7 Å². The lowest BCUT2D eigenvalue weighted by molar-refractivity contribution is -0.127. The minimum Gasteiger partial charge on any atom is -0.383 e. The van der Waals surface area contributed by atoms with E-state index in [0.29, 0.717) is 19.2 Å². The summed E-state index contributed by atoms with van der Waals surface area (Å²) >= 11 is 0. The standard InChI is InChI=1S/C23H32N4O2/c1-29-16-12-24-23(28)19-6-4-13-27(17-19)20-10-14-26(15-11-20)22-9-8-18-5-2-3-7-21(18)25-22/h2-3,5,7-9,19-20H,4,6,10-17H2,1H3,(H,24,28)/t19-/m0/s1. The predicted octanol–water partition coefficient (Wildman–Crippen LogP) is 2.68. The summed E-state index contributed by atoms with van der Waals surface area (Å²) in [7, 11) is 1.66. The van der Waals surface area contributed by atoms with Gasteiger partial charge in [-0.1, -0.05) is 18.2 Å². The summed E-state index contributed by atoms with van der Waals surface area (Å²) in [6, 6.07) is 13.2. The van der Waals surface area contributed by atoms with Gasteiger partial charge in [0.15, 0.2) is 0 Å². The van der Waals surface area contributed by atoms with Crippen molar-refractivity contribution in [2.24, 2.45) is 5.92 Å². The quantitative estimate of drug-likeness (QED) is 0.761. The van der Waals surface area contributed by atoms with Crippen LogP contribution in [0.5, 0.6) is 0 Å². The average molecular weight is 397 g/mol. The number of nitrogens with zero attached hydrogens (tertiary/aromatic N) is 3. The summed E-state index contributed by atoms with van der Waals surface area (Å²) < 4.78 is 5.03. The number of rotatable bonds is 6. The van der Waals surface area contributed by atoms with Crippen molar-refractivity contribution < 1.29 is 9.53 Å². The third-order valence-corrected chi connectivity index (χ3v) is 6.32. The monoisotopic (exact) mass is 396 g/mol. The summed E-state index contributed by atoms with van der Waals surface area (Å²) in [5, 5.41) is 4.20. The van der Waals surface area contributed by atoms with Gasteiger partial charge in [0.1, 0.15) is 5.82 Å². The van der Waals surface area contributed by atoms with Crippen LogP contribution in [-0.2, 0) is 9.53 Å². The van der Waals surface area contributed by atoms with Gasteiger partial charge in [0.25, 0.3) is 0 Å². The molecule has 0 unspecified atom stereocenters. The summed E-state index contributed by atoms with van der Waals surface area (Å²) in [5.41, 5.74) is 1.06. The fourth-order valence-electron chi connectivity index (χ4n) is 4.66. The molecule has 2 aliphatic heterocycles. The second-order valence-corrected chi connectivity index (χ2v) is 8.20. The number of carbonyl (C=O) groups is 1. The number of amides is 1. The smallest absolute Gasteiger partial charge is 0.224 e. The number of fused-ring (bicyclic) bond motifs is 1. The van der Waals surface area contributed by atoms with Crippen LogP contribution in [0.25, 0.3) is 10.9 Å². The van der Waals surface area contributed by atoms with Crippen molar-refractivity contribution in [2.75, 3.05) is 51.3 Å². The van der Waals surface area contributed by atoms with Crippen molar-refractivity contribution in [3.8, 4) is 0 Å². The minimum atomic E-state index is 0.112. The average Bonchev–Trinajstić information content (AvgIpc) is 2.79. The Hall–Kier alpha value is -2.18. The molecular formula is C23H32N4O2. The van der Waals surface area contributed by atoms with E-state index in [1.807, 2.05) is 6.07 Å². The number of benzene rings is 1. The number of aromatic nitrogens is 1. The van der Waals surface area contributed by atoms with Crippen LogP contribution in [0.15, 0.2) is 36.4 Å². The lowest BCUT2D eigenvalue weighted by Gasteiger charge is -2.42. The van der Waals surface area contributed by atoms with E-state index in [1.165, 1.54) is 5.39 Å². The van der Waals surface area contributed by atoms with Crippen molar-refractivity contribution >= 4 is 22.6 Å². The first-order chi connectivity index (χ1) is 14.2. The van der Waals surface area contributed by atoms with Gasteiger partial charge in [-0.3, -0.25) is 9.69 Å². The number of para-hydroxylation sites is 1. The summed E-state index contributed by atoms with van der Waals surface area (Å²) in [6.45, 7) is 5.22. The van der Waals surface area contributed by atoms with Gasteiger partial charge in [-0.2, -0.15) is 0 Å². The SMILES string of the molecule is COCCNC(=O)[C@H]1CCCN(C2CCN(c3ccc4ccccc4n3)CC2)C1. The predicted molar refractivity (Wildman–Crippen MR) is 116 cm³/mol. The van der Waals surface area contributed by atoms with Crippen LogP contribution in [0, 0.1) is 5.92 Å². The van der Waals surface area contributed by atoms with E-state index in [4.69, 9.17) is 9.72 Å². The minimum absolute atomic E-state index is 0.112. The Morgan fingerprint density at radius 1 is 1.14 bits per heavy atom. The molecule has 1 atom stereocenters. The number of nitrogens with one attached hydrogen (secondary N) is 1. The van der Waals surface area contributed by atoms with Crippen LogP contribution in [-0.4, -0.2) is 68.3 Å². The number of hydrogen-bond acceptors (Lipinski definition) is 5. The first-order valence-electron chi connectivity index (χ1n) is 10.9. The Kier molecular flexibility index (Phi) is 6.62. The Morgan fingerprint density at radius 3 is 2.79 bits per heavy atom. The molecule has 1 aromatic heterocycles. The maximum atomic E-state index is 12.4. The molecular weight excluding hydrogens is 364 g/mol. The van der Waals surface area contributed by atoms with Crippen LogP contribution in [0.1, 0.15) is 25.7 Å². The highest BCUT2D eigenvalue weighted by molar-refractivity contribution is 5.80. The number of carbonyl (C=O) groups excluding carboxylic acids is 1. The largest absolute Gasteiger partial charge is 0.383 e. The highest BCUT2D eigenvalue weighted by atomic mass is 16.5. The van der Waals surface area contributed by atoms with E-state index in [2.05, 4.69) is 45.4 Å². The Balaban J connectivity index is 1.31. The molecule has 29 heavy (non-hydrogen) atoms. The van der Waals surface area contributed by atoms with E-state index in [1.54, 1.807) is 7.11 Å². The molecule has 2 saturated heterocycles. The van der Waals surface area contributed by atoms with Crippen LogP contribution >= 0.6 is 0 Å². The molecule has 0 aliphatic carbocycles. The fourth-order valence-corrected chi connectivity index (χ4v) is 4.66. The number of anilines is 1. The van der Waals surface area contributed by atoms with Gasteiger partial charge in [-0.15, -0.1) is 0 Å². The van der Waals surface area contributed by atoms with Crippen LogP contribution < -0.4 is 10.2 Å². The topological polar surface area (TPSA) is 57.7 Å². The van der Waals surface area contributed by atoms with Gasteiger partial charge in [-0.05, 0) is 50.4 Å². The molecule has 3 heterocycles. The van der Waals surface area contributed by atoms with Crippen molar-refractivity contribution in [1.82, 2.24) is 15.2 Å². The Labute approximate surface area is 173 Å². The first-order valence-corrected chi connectivity index (χ1v) is 10.9. The molecule has 0 saturated carbocycles. The van der Waals surface area contributed by atoms with Crippen LogP contribution in [0.2, 0.25) is 0 Å². The summed E-state index contributed by atoms with van der Waals surface area (Å²) in [6.07, 6.45) is 4.36. The molecule has 6 heteroatoms. The van der Waals surface area contributed by atoms with Crippen molar-refractivity contribution in [3.63, 3.8) is 0 Å². The summed E-state index contributed by atoms with van der Waals surface area (Å²) in [5.74, 6) is 1.38. The molecule has 156 valence electrons. The Morgan fingerprint density at radius 2 is 1.97 bits per heavy atom. The number of methoxy groups -OCH3 is 1.